The molecule has 1 aliphatic heterocycles. The summed E-state index contributed by atoms with van der Waals surface area (Å²) in [5, 5.41) is 0. The Labute approximate surface area is 111 Å². The zero-order chi connectivity index (χ0) is 13.7. The first-order valence-corrected chi connectivity index (χ1v) is 6.15. The zero-order valence-electron chi connectivity index (χ0n) is 10.8. The number of carbonyl (C=O) groups is 1. The maximum absolute atomic E-state index is 11.3. The minimum absolute atomic E-state index is 0.229. The van der Waals surface area contributed by atoms with E-state index in [1.54, 1.807) is 25.1 Å². The Morgan fingerprint density at radius 2 is 2.21 bits per heavy atom. The molecule has 1 atom stereocenters. The molecule has 1 aliphatic rings. The highest BCUT2D eigenvalue weighted by molar-refractivity contribution is 5.75. The quantitative estimate of drug-likeness (QED) is 0.777. The van der Waals surface area contributed by atoms with Crippen LogP contribution in [0.3, 0.4) is 0 Å². The molecule has 104 valence electrons. The Hall–Kier alpha value is -1.95. The van der Waals surface area contributed by atoms with E-state index in [9.17, 15) is 4.79 Å². The average molecular weight is 267 g/mol. The molecule has 0 bridgehead atoms. The van der Waals surface area contributed by atoms with Crippen LogP contribution < -0.4 is 19.9 Å². The highest BCUT2D eigenvalue weighted by Gasteiger charge is 2.16. The number of ether oxygens (including phenoxy) is 4. The van der Waals surface area contributed by atoms with Crippen LogP contribution in [0.25, 0.3) is 0 Å². The van der Waals surface area contributed by atoms with Crippen molar-refractivity contribution in [3.8, 4) is 17.2 Å². The van der Waals surface area contributed by atoms with Crippen molar-refractivity contribution in [2.75, 3.05) is 20.0 Å². The van der Waals surface area contributed by atoms with E-state index in [0.29, 0.717) is 36.9 Å². The Bertz CT molecular complexity index is 449. The van der Waals surface area contributed by atoms with Gasteiger partial charge in [-0.05, 0) is 19.1 Å². The third-order valence-corrected chi connectivity index (χ3v) is 2.63. The lowest BCUT2D eigenvalue weighted by Gasteiger charge is -2.11. The van der Waals surface area contributed by atoms with Crippen LogP contribution in [0.2, 0.25) is 0 Å². The van der Waals surface area contributed by atoms with E-state index in [1.165, 1.54) is 0 Å². The van der Waals surface area contributed by atoms with Gasteiger partial charge in [0.05, 0.1) is 13.2 Å². The van der Waals surface area contributed by atoms with Gasteiger partial charge >= 0.3 is 5.97 Å². The van der Waals surface area contributed by atoms with E-state index < -0.39 is 12.0 Å². The summed E-state index contributed by atoms with van der Waals surface area (Å²) < 4.78 is 20.7. The summed E-state index contributed by atoms with van der Waals surface area (Å²) in [6.07, 6.45) is 0.396. The minimum Gasteiger partial charge on any atom is -0.493 e. The highest BCUT2D eigenvalue weighted by atomic mass is 16.7. The number of benzene rings is 1. The van der Waals surface area contributed by atoms with Crippen molar-refractivity contribution >= 4 is 5.97 Å². The summed E-state index contributed by atoms with van der Waals surface area (Å²) in [6, 6.07) is 4.65. The van der Waals surface area contributed by atoms with Gasteiger partial charge < -0.3 is 24.7 Å². The molecule has 1 heterocycles. The number of hydrogen-bond acceptors (Lipinski definition) is 6. The van der Waals surface area contributed by atoms with Crippen LogP contribution in [-0.2, 0) is 9.53 Å². The van der Waals surface area contributed by atoms with Crippen LogP contribution >= 0.6 is 0 Å². The number of rotatable bonds is 6. The summed E-state index contributed by atoms with van der Waals surface area (Å²) >= 11 is 0. The third kappa shape index (κ3) is 3.51. The van der Waals surface area contributed by atoms with E-state index in [4.69, 9.17) is 24.7 Å². The second kappa shape index (κ2) is 6.29. The molecule has 19 heavy (non-hydrogen) atoms. The standard InChI is InChI=1S/C13H17NO5/c1-2-16-13(15)10(14)5-6-17-9-3-4-11-12(7-9)19-8-18-11/h3-4,7,10H,2,5-6,8,14H2,1H3. The molecule has 0 fully saturated rings. The van der Waals surface area contributed by atoms with Crippen LogP contribution in [0, 0.1) is 0 Å². The molecule has 0 saturated carbocycles. The second-order valence-electron chi connectivity index (χ2n) is 4.01. The zero-order valence-corrected chi connectivity index (χ0v) is 10.8. The molecular weight excluding hydrogens is 250 g/mol. The number of fused-ring (bicyclic) bond motifs is 1. The van der Waals surface area contributed by atoms with Crippen LogP contribution in [0.1, 0.15) is 13.3 Å². The Kier molecular flexibility index (Phi) is 4.46. The van der Waals surface area contributed by atoms with Gasteiger partial charge in [0.15, 0.2) is 11.5 Å². The first-order valence-electron chi connectivity index (χ1n) is 6.15. The second-order valence-corrected chi connectivity index (χ2v) is 4.01. The van der Waals surface area contributed by atoms with Crippen LogP contribution in [0.5, 0.6) is 17.2 Å². The molecule has 0 aromatic heterocycles. The van der Waals surface area contributed by atoms with E-state index in [1.807, 2.05) is 0 Å². The van der Waals surface area contributed by atoms with E-state index in [2.05, 4.69) is 0 Å². The van der Waals surface area contributed by atoms with Crippen molar-refractivity contribution in [3.05, 3.63) is 18.2 Å². The molecule has 6 heteroatoms. The van der Waals surface area contributed by atoms with Crippen molar-refractivity contribution in [1.82, 2.24) is 0 Å². The smallest absolute Gasteiger partial charge is 0.323 e. The molecule has 0 saturated heterocycles. The number of hydrogen-bond donors (Lipinski definition) is 1. The Morgan fingerprint density at radius 1 is 1.42 bits per heavy atom. The molecule has 0 amide bonds. The lowest BCUT2D eigenvalue weighted by Crippen LogP contribution is -2.33. The van der Waals surface area contributed by atoms with Crippen molar-refractivity contribution in [2.24, 2.45) is 5.73 Å². The maximum Gasteiger partial charge on any atom is 0.323 e. The summed E-state index contributed by atoms with van der Waals surface area (Å²) in [6.45, 7) is 2.63. The lowest BCUT2D eigenvalue weighted by atomic mass is 10.2. The van der Waals surface area contributed by atoms with Crippen molar-refractivity contribution in [3.63, 3.8) is 0 Å². The molecule has 2 N–H and O–H groups in total. The Balaban J connectivity index is 1.78. The van der Waals surface area contributed by atoms with Crippen LogP contribution in [0.4, 0.5) is 0 Å². The van der Waals surface area contributed by atoms with Gasteiger partial charge in [0.2, 0.25) is 6.79 Å². The van der Waals surface area contributed by atoms with Gasteiger partial charge in [-0.25, -0.2) is 0 Å². The summed E-state index contributed by atoms with van der Waals surface area (Å²) in [5.41, 5.74) is 5.66. The van der Waals surface area contributed by atoms with Gasteiger partial charge in [-0.2, -0.15) is 0 Å². The average Bonchev–Trinajstić information content (AvgIpc) is 2.86. The SMILES string of the molecule is CCOC(=O)C(N)CCOc1ccc2c(c1)OCO2. The monoisotopic (exact) mass is 267 g/mol. The van der Waals surface area contributed by atoms with E-state index in [-0.39, 0.29) is 6.79 Å². The van der Waals surface area contributed by atoms with Crippen molar-refractivity contribution in [2.45, 2.75) is 19.4 Å². The highest BCUT2D eigenvalue weighted by Crippen LogP contribution is 2.35. The van der Waals surface area contributed by atoms with E-state index >= 15 is 0 Å². The topological polar surface area (TPSA) is 80.0 Å². The Morgan fingerprint density at radius 3 is 3.00 bits per heavy atom. The number of esters is 1. The first-order chi connectivity index (χ1) is 9.20. The summed E-state index contributed by atoms with van der Waals surface area (Å²) in [5.74, 6) is 1.61. The van der Waals surface area contributed by atoms with Crippen LogP contribution in [0.15, 0.2) is 18.2 Å². The summed E-state index contributed by atoms with van der Waals surface area (Å²) in [4.78, 5) is 11.3. The molecule has 0 radical (unpaired) electrons. The molecule has 2 rings (SSSR count). The predicted octanol–water partition coefficient (Wildman–Crippen LogP) is 1.07. The maximum atomic E-state index is 11.3. The number of carbonyl (C=O) groups excluding carboxylic acids is 1. The molecule has 0 spiro atoms. The molecule has 1 aromatic carbocycles. The van der Waals surface area contributed by atoms with Gasteiger partial charge in [-0.1, -0.05) is 0 Å². The fourth-order valence-corrected chi connectivity index (χ4v) is 1.64. The molecule has 0 aliphatic carbocycles. The molecule has 1 unspecified atom stereocenters. The minimum atomic E-state index is -0.658. The number of nitrogens with two attached hydrogens (primary N) is 1. The van der Waals surface area contributed by atoms with E-state index in [0.717, 1.165) is 0 Å². The predicted molar refractivity (Wildman–Crippen MR) is 67.3 cm³/mol. The van der Waals surface area contributed by atoms with Crippen molar-refractivity contribution in [1.29, 1.82) is 0 Å². The molecule has 6 nitrogen and oxygen atoms in total. The first kappa shape index (κ1) is 13.5. The summed E-state index contributed by atoms with van der Waals surface area (Å²) in [7, 11) is 0. The lowest BCUT2D eigenvalue weighted by molar-refractivity contribution is -0.145. The van der Waals surface area contributed by atoms with Crippen LogP contribution in [-0.4, -0.2) is 32.0 Å². The normalized spacial score (nSPS) is 14.0. The van der Waals surface area contributed by atoms with Crippen molar-refractivity contribution < 1.29 is 23.7 Å². The van der Waals surface area contributed by atoms with Gasteiger partial charge in [0.1, 0.15) is 11.8 Å². The third-order valence-electron chi connectivity index (χ3n) is 2.63. The molecular formula is C13H17NO5. The van der Waals surface area contributed by atoms with Gasteiger partial charge in [-0.3, -0.25) is 4.79 Å². The van der Waals surface area contributed by atoms with Gasteiger partial charge in [-0.15, -0.1) is 0 Å². The van der Waals surface area contributed by atoms with Gasteiger partial charge in [0, 0.05) is 12.5 Å². The fraction of sp³-hybridized carbons (Fsp3) is 0.462. The largest absolute Gasteiger partial charge is 0.493 e. The fourth-order valence-electron chi connectivity index (χ4n) is 1.64. The van der Waals surface area contributed by atoms with Gasteiger partial charge in [0.25, 0.3) is 0 Å². The molecule has 1 aromatic rings.